The molecule has 0 spiro atoms. The Balaban J connectivity index is 1.11. The van der Waals surface area contributed by atoms with Gasteiger partial charge < -0.3 is 10.1 Å². The molecule has 196 valence electrons. The number of fused-ring (bicyclic) bond motifs is 1. The van der Waals surface area contributed by atoms with Crippen molar-refractivity contribution < 1.29 is 4.74 Å². The van der Waals surface area contributed by atoms with E-state index in [0.29, 0.717) is 10.9 Å². The van der Waals surface area contributed by atoms with Gasteiger partial charge in [0.1, 0.15) is 25.2 Å². The van der Waals surface area contributed by atoms with Gasteiger partial charge in [0.25, 0.3) is 0 Å². The van der Waals surface area contributed by atoms with Gasteiger partial charge in [-0.05, 0) is 66.7 Å². The molecule has 3 aromatic carbocycles. The first kappa shape index (κ1) is 25.5. The monoisotopic (exact) mass is 535 g/mol. The maximum atomic E-state index is 6.51. The van der Waals surface area contributed by atoms with E-state index in [4.69, 9.17) is 21.3 Å². The molecule has 1 aliphatic heterocycles. The van der Waals surface area contributed by atoms with Crippen molar-refractivity contribution in [2.24, 2.45) is 5.92 Å². The topological polar surface area (TPSA) is 54.7 Å². The molecule has 6 nitrogen and oxygen atoms in total. The van der Waals surface area contributed by atoms with Crippen LogP contribution in [0.4, 0.5) is 5.82 Å². The van der Waals surface area contributed by atoms with Gasteiger partial charge in [-0.3, -0.25) is 4.90 Å². The first-order chi connectivity index (χ1) is 19.1. The third kappa shape index (κ3) is 5.95. The molecule has 5 aromatic rings. The van der Waals surface area contributed by atoms with Crippen molar-refractivity contribution in [3.05, 3.63) is 102 Å². The molecule has 0 bridgehead atoms. The van der Waals surface area contributed by atoms with Crippen molar-refractivity contribution in [1.82, 2.24) is 19.5 Å². The lowest BCUT2D eigenvalue weighted by atomic mass is 9.97. The highest BCUT2D eigenvalue weighted by atomic mass is 35.5. The van der Waals surface area contributed by atoms with Crippen LogP contribution in [0.3, 0.4) is 0 Å². The number of halogens is 1. The zero-order chi connectivity index (χ0) is 26.6. The summed E-state index contributed by atoms with van der Waals surface area (Å²) in [5.41, 5.74) is 4.96. The van der Waals surface area contributed by atoms with Crippen LogP contribution in [0.25, 0.3) is 16.9 Å². The zero-order valence-electron chi connectivity index (χ0n) is 22.1. The number of hydrogen-bond donors (Lipinski definition) is 1. The van der Waals surface area contributed by atoms with Gasteiger partial charge in [0.15, 0.2) is 5.65 Å². The number of nitrogens with zero attached hydrogens (tertiary/aromatic N) is 4. The molecule has 1 fully saturated rings. The second-order valence-corrected chi connectivity index (χ2v) is 10.7. The first-order valence-electron chi connectivity index (χ1n) is 13.5. The van der Waals surface area contributed by atoms with Crippen LogP contribution in [0, 0.1) is 5.92 Å². The molecule has 1 unspecified atom stereocenters. The Hall–Kier alpha value is -3.81. The van der Waals surface area contributed by atoms with Crippen molar-refractivity contribution in [2.45, 2.75) is 19.4 Å². The number of ether oxygens (including phenoxy) is 1. The summed E-state index contributed by atoms with van der Waals surface area (Å²) in [5.74, 6) is 3.20. The Morgan fingerprint density at radius 2 is 1.74 bits per heavy atom. The number of para-hydroxylation sites is 1. The van der Waals surface area contributed by atoms with Crippen LogP contribution in [0.2, 0.25) is 5.02 Å². The van der Waals surface area contributed by atoms with Gasteiger partial charge in [0.2, 0.25) is 0 Å². The molecule has 39 heavy (non-hydrogen) atoms. The molecule has 1 aliphatic rings. The Labute approximate surface area is 235 Å². The van der Waals surface area contributed by atoms with Gasteiger partial charge in [-0.25, -0.2) is 4.98 Å². The largest absolute Gasteiger partial charge is 0.457 e. The molecule has 1 N–H and O–H groups in total. The summed E-state index contributed by atoms with van der Waals surface area (Å²) >= 11 is 6.51. The maximum absolute atomic E-state index is 6.51. The molecular formula is C31H31BClN5O. The number of hydrogen-bond acceptors (Lipinski definition) is 5. The predicted molar refractivity (Wildman–Crippen MR) is 161 cm³/mol. The summed E-state index contributed by atoms with van der Waals surface area (Å²) in [4.78, 5) is 7.42. The van der Waals surface area contributed by atoms with Crippen LogP contribution < -0.4 is 15.5 Å². The van der Waals surface area contributed by atoms with Gasteiger partial charge in [0.05, 0.1) is 5.69 Å². The van der Waals surface area contributed by atoms with Crippen molar-refractivity contribution in [1.29, 1.82) is 0 Å². The van der Waals surface area contributed by atoms with E-state index in [2.05, 4.69) is 45.6 Å². The van der Waals surface area contributed by atoms with Crippen LogP contribution in [-0.2, 0) is 6.54 Å². The maximum Gasteiger partial charge on any atom is 0.151 e. The predicted octanol–water partition coefficient (Wildman–Crippen LogP) is 5.42. The van der Waals surface area contributed by atoms with Gasteiger partial charge in [-0.2, -0.15) is 9.61 Å². The summed E-state index contributed by atoms with van der Waals surface area (Å²) < 4.78 is 7.85. The number of benzene rings is 3. The fraction of sp³-hybridized carbons (Fsp3) is 0.226. The molecule has 0 amide bonds. The van der Waals surface area contributed by atoms with E-state index in [1.54, 1.807) is 0 Å². The van der Waals surface area contributed by atoms with E-state index in [0.717, 1.165) is 65.9 Å². The number of likely N-dealkylation sites (tertiary alicyclic amines) is 1. The van der Waals surface area contributed by atoms with Crippen molar-refractivity contribution in [2.75, 3.05) is 25.0 Å². The summed E-state index contributed by atoms with van der Waals surface area (Å²) in [6, 6.07) is 28.3. The minimum absolute atomic E-state index is 0.545. The fourth-order valence-corrected chi connectivity index (χ4v) is 5.49. The minimum atomic E-state index is 0.545. The highest BCUT2D eigenvalue weighted by Gasteiger charge is 2.21. The van der Waals surface area contributed by atoms with E-state index in [9.17, 15) is 0 Å². The van der Waals surface area contributed by atoms with E-state index < -0.39 is 0 Å². The number of piperidine rings is 1. The van der Waals surface area contributed by atoms with Crippen LogP contribution in [0.1, 0.15) is 18.4 Å². The molecule has 1 saturated heterocycles. The summed E-state index contributed by atoms with van der Waals surface area (Å²) in [7, 11) is 2.04. The van der Waals surface area contributed by atoms with Gasteiger partial charge in [-0.15, -0.1) is 0 Å². The third-order valence-corrected chi connectivity index (χ3v) is 7.61. The lowest BCUT2D eigenvalue weighted by Gasteiger charge is -2.33. The molecule has 6 rings (SSSR count). The minimum Gasteiger partial charge on any atom is -0.457 e. The Bertz CT molecular complexity index is 1560. The van der Waals surface area contributed by atoms with Gasteiger partial charge >= 0.3 is 0 Å². The van der Waals surface area contributed by atoms with Gasteiger partial charge in [-0.1, -0.05) is 60.1 Å². The normalized spacial score (nSPS) is 15.9. The lowest BCUT2D eigenvalue weighted by Crippen LogP contribution is -2.37. The van der Waals surface area contributed by atoms with E-state index in [1.807, 2.05) is 73.2 Å². The average Bonchev–Trinajstić information content (AvgIpc) is 3.34. The molecule has 3 heterocycles. The number of nitrogens with one attached hydrogen (secondary N) is 1. The summed E-state index contributed by atoms with van der Waals surface area (Å²) in [6.45, 7) is 3.99. The van der Waals surface area contributed by atoms with Crippen LogP contribution in [0.15, 0.2) is 91.1 Å². The summed E-state index contributed by atoms with van der Waals surface area (Å²) in [6.07, 6.45) is 4.26. The van der Waals surface area contributed by atoms with Crippen LogP contribution >= 0.6 is 11.6 Å². The molecule has 0 radical (unpaired) electrons. The Morgan fingerprint density at radius 1 is 0.974 bits per heavy atom. The highest BCUT2D eigenvalue weighted by Crippen LogP contribution is 2.29. The molecule has 8 heteroatoms. The fourth-order valence-electron chi connectivity index (χ4n) is 5.26. The summed E-state index contributed by atoms with van der Waals surface area (Å²) in [5, 5.41) is 8.97. The second kappa shape index (κ2) is 11.5. The van der Waals surface area contributed by atoms with Gasteiger partial charge in [0, 0.05) is 42.5 Å². The number of aromatic nitrogens is 3. The number of anilines is 1. The van der Waals surface area contributed by atoms with Crippen LogP contribution in [0.5, 0.6) is 11.5 Å². The molecule has 1 atom stereocenters. The molecular weight excluding hydrogens is 505 g/mol. The van der Waals surface area contributed by atoms with Crippen molar-refractivity contribution in [3.63, 3.8) is 0 Å². The van der Waals surface area contributed by atoms with Crippen LogP contribution in [-0.4, -0.2) is 47.0 Å². The lowest BCUT2D eigenvalue weighted by molar-refractivity contribution is 0.173. The standard InChI is InChI=1S/C31H31BClN5O/c32-27-19-35-38-30(17-29(36-31(27)38)26-10-4-5-11-28(26)33)34-18-23-7-6-16-37(21-23)20-22-12-14-25(15-13-22)39-24-8-2-1-3-9-24/h1-5,8-15,17,19,23,34H,6-7,16,18,20-21,32H2. The number of rotatable bonds is 8. The quantitative estimate of drug-likeness (QED) is 0.269. The van der Waals surface area contributed by atoms with Crippen molar-refractivity contribution >= 4 is 36.4 Å². The van der Waals surface area contributed by atoms with E-state index in [-0.39, 0.29) is 0 Å². The van der Waals surface area contributed by atoms with Crippen molar-refractivity contribution in [3.8, 4) is 22.8 Å². The van der Waals surface area contributed by atoms with E-state index in [1.165, 1.54) is 18.4 Å². The molecule has 0 aliphatic carbocycles. The second-order valence-electron chi connectivity index (χ2n) is 10.3. The Morgan fingerprint density at radius 3 is 2.56 bits per heavy atom. The molecule has 0 saturated carbocycles. The SMILES string of the molecule is Bc1cnn2c(NCC3CCCN(Cc4ccc(Oc5ccccc5)cc4)C3)cc(-c3ccccc3Cl)nc12. The first-order valence-corrected chi connectivity index (χ1v) is 13.9. The molecule has 2 aromatic heterocycles. The Kier molecular flexibility index (Phi) is 7.52. The zero-order valence-corrected chi connectivity index (χ0v) is 22.8. The third-order valence-electron chi connectivity index (χ3n) is 7.28. The van der Waals surface area contributed by atoms with E-state index >= 15 is 0 Å². The average molecular weight is 536 g/mol. The smallest absolute Gasteiger partial charge is 0.151 e. The highest BCUT2D eigenvalue weighted by molar-refractivity contribution is 6.36.